The highest BCUT2D eigenvalue weighted by molar-refractivity contribution is 9.10. The smallest absolute Gasteiger partial charge is 0.316 e. The normalized spacial score (nSPS) is 11.9. The van der Waals surface area contributed by atoms with Crippen molar-refractivity contribution in [3.8, 4) is 0 Å². The summed E-state index contributed by atoms with van der Waals surface area (Å²) in [6.45, 7) is 4.02. The summed E-state index contributed by atoms with van der Waals surface area (Å²) < 4.78 is 5.95. The minimum Gasteiger partial charge on any atom is -0.465 e. The lowest BCUT2D eigenvalue weighted by Crippen LogP contribution is -2.27. The molecule has 0 amide bonds. The number of rotatable bonds is 8. The van der Waals surface area contributed by atoms with E-state index in [1.54, 1.807) is 6.92 Å². The Bertz CT molecular complexity index is 462. The van der Waals surface area contributed by atoms with Gasteiger partial charge in [0.2, 0.25) is 0 Å². The monoisotopic (exact) mass is 358 g/mol. The first-order valence-electron chi connectivity index (χ1n) is 6.66. The summed E-state index contributed by atoms with van der Waals surface area (Å²) in [4.78, 5) is 25.0. The highest BCUT2D eigenvalue weighted by Gasteiger charge is 2.26. The van der Waals surface area contributed by atoms with Crippen LogP contribution in [0.2, 0.25) is 0 Å². The van der Waals surface area contributed by atoms with Crippen LogP contribution in [0.15, 0.2) is 33.6 Å². The summed E-state index contributed by atoms with van der Waals surface area (Å²) in [5.41, 5.74) is 0. The summed E-state index contributed by atoms with van der Waals surface area (Å²) in [6, 6.07) is 7.76. The molecule has 0 saturated carbocycles. The second-order valence-corrected chi connectivity index (χ2v) is 6.27. The predicted octanol–water partition coefficient (Wildman–Crippen LogP) is 4.09. The van der Waals surface area contributed by atoms with Crippen molar-refractivity contribution in [2.45, 2.75) is 31.6 Å². The fraction of sp³-hybridized carbons (Fsp3) is 0.467. The topological polar surface area (TPSA) is 43.4 Å². The Morgan fingerprint density at radius 3 is 2.70 bits per heavy atom. The van der Waals surface area contributed by atoms with E-state index in [1.165, 1.54) is 11.8 Å². The number of hydrogen-bond donors (Lipinski definition) is 0. The van der Waals surface area contributed by atoms with E-state index >= 15 is 0 Å². The molecule has 0 fully saturated rings. The third-order valence-electron chi connectivity index (χ3n) is 2.71. The predicted molar refractivity (Wildman–Crippen MR) is 84.9 cm³/mol. The van der Waals surface area contributed by atoms with Crippen LogP contribution in [0.5, 0.6) is 0 Å². The van der Waals surface area contributed by atoms with E-state index in [4.69, 9.17) is 4.74 Å². The molecule has 0 aromatic heterocycles. The number of carbonyl (C=O) groups is 2. The number of carbonyl (C=O) groups excluding carboxylic acids is 2. The average molecular weight is 359 g/mol. The van der Waals surface area contributed by atoms with Gasteiger partial charge in [-0.25, -0.2) is 0 Å². The molecular formula is C15H19BrO3S. The van der Waals surface area contributed by atoms with E-state index in [9.17, 15) is 9.59 Å². The molecule has 3 nitrogen and oxygen atoms in total. The van der Waals surface area contributed by atoms with Crippen molar-refractivity contribution in [1.29, 1.82) is 0 Å². The van der Waals surface area contributed by atoms with Gasteiger partial charge in [0.25, 0.3) is 0 Å². The third kappa shape index (κ3) is 5.67. The summed E-state index contributed by atoms with van der Waals surface area (Å²) in [5, 5.41) is 0. The molecule has 1 rings (SSSR count). The first-order valence-corrected chi connectivity index (χ1v) is 8.44. The van der Waals surface area contributed by atoms with Gasteiger partial charge in [0.15, 0.2) is 5.78 Å². The summed E-state index contributed by atoms with van der Waals surface area (Å²) in [7, 11) is 0. The molecule has 1 aromatic rings. The van der Waals surface area contributed by atoms with Crippen molar-refractivity contribution < 1.29 is 14.3 Å². The molecule has 1 unspecified atom stereocenters. The van der Waals surface area contributed by atoms with Crippen LogP contribution in [-0.4, -0.2) is 24.1 Å². The standard InChI is InChI=1S/C15H19BrO3S/c1-3-6-13(15(18)19-4-2)14(17)10-20-12-8-5-7-11(16)9-12/h5,7-9,13H,3-4,6,10H2,1-2H3. The molecule has 1 aromatic carbocycles. The maximum absolute atomic E-state index is 12.2. The number of ketones is 1. The van der Waals surface area contributed by atoms with Crippen molar-refractivity contribution >= 4 is 39.4 Å². The molecule has 0 heterocycles. The fourth-order valence-corrected chi connectivity index (χ4v) is 3.20. The van der Waals surface area contributed by atoms with Gasteiger partial charge in [-0.15, -0.1) is 11.8 Å². The van der Waals surface area contributed by atoms with Gasteiger partial charge >= 0.3 is 5.97 Å². The molecule has 1 atom stereocenters. The Hall–Kier alpha value is -0.810. The maximum Gasteiger partial charge on any atom is 0.316 e. The van der Waals surface area contributed by atoms with Gasteiger partial charge in [-0.3, -0.25) is 9.59 Å². The lowest BCUT2D eigenvalue weighted by molar-refractivity contribution is -0.151. The van der Waals surface area contributed by atoms with Crippen LogP contribution in [0, 0.1) is 5.92 Å². The van der Waals surface area contributed by atoms with Gasteiger partial charge in [0.1, 0.15) is 5.92 Å². The molecule has 0 spiro atoms. The maximum atomic E-state index is 12.2. The molecule has 20 heavy (non-hydrogen) atoms. The zero-order valence-corrected chi connectivity index (χ0v) is 14.1. The second kappa shape index (κ2) is 9.19. The summed E-state index contributed by atoms with van der Waals surface area (Å²) in [5.74, 6) is -0.788. The van der Waals surface area contributed by atoms with E-state index in [0.29, 0.717) is 18.8 Å². The Morgan fingerprint density at radius 1 is 1.35 bits per heavy atom. The first kappa shape index (κ1) is 17.2. The van der Waals surface area contributed by atoms with E-state index in [-0.39, 0.29) is 5.78 Å². The van der Waals surface area contributed by atoms with Crippen LogP contribution in [0.4, 0.5) is 0 Å². The van der Waals surface area contributed by atoms with E-state index in [2.05, 4.69) is 15.9 Å². The fourth-order valence-electron chi connectivity index (χ4n) is 1.75. The highest BCUT2D eigenvalue weighted by atomic mass is 79.9. The second-order valence-electron chi connectivity index (χ2n) is 4.31. The van der Waals surface area contributed by atoms with Crippen LogP contribution >= 0.6 is 27.7 Å². The molecule has 0 aliphatic rings. The number of benzene rings is 1. The van der Waals surface area contributed by atoms with Gasteiger partial charge in [-0.2, -0.15) is 0 Å². The number of thioether (sulfide) groups is 1. The quantitative estimate of drug-likeness (QED) is 0.398. The molecule has 5 heteroatoms. The molecule has 0 saturated heterocycles. The lowest BCUT2D eigenvalue weighted by Gasteiger charge is -2.13. The molecular weight excluding hydrogens is 340 g/mol. The van der Waals surface area contributed by atoms with Crippen LogP contribution < -0.4 is 0 Å². The van der Waals surface area contributed by atoms with Crippen LogP contribution in [0.25, 0.3) is 0 Å². The molecule has 0 aliphatic heterocycles. The number of ether oxygens (including phenoxy) is 1. The molecule has 0 aliphatic carbocycles. The summed E-state index contributed by atoms with van der Waals surface area (Å²) in [6.07, 6.45) is 1.34. The summed E-state index contributed by atoms with van der Waals surface area (Å²) >= 11 is 4.84. The minimum absolute atomic E-state index is 0.0599. The van der Waals surface area contributed by atoms with E-state index in [0.717, 1.165) is 15.8 Å². The molecule has 0 N–H and O–H groups in total. The molecule has 0 bridgehead atoms. The van der Waals surface area contributed by atoms with Gasteiger partial charge in [0, 0.05) is 9.37 Å². The van der Waals surface area contributed by atoms with Crippen LogP contribution in [0.1, 0.15) is 26.7 Å². The van der Waals surface area contributed by atoms with Crippen molar-refractivity contribution in [3.05, 3.63) is 28.7 Å². The largest absolute Gasteiger partial charge is 0.465 e. The van der Waals surface area contributed by atoms with E-state index in [1.807, 2.05) is 31.2 Å². The highest BCUT2D eigenvalue weighted by Crippen LogP contribution is 2.23. The van der Waals surface area contributed by atoms with Crippen molar-refractivity contribution in [1.82, 2.24) is 0 Å². The minimum atomic E-state index is -0.625. The van der Waals surface area contributed by atoms with Crippen LogP contribution in [0.3, 0.4) is 0 Å². The average Bonchev–Trinajstić information content (AvgIpc) is 2.42. The Balaban J connectivity index is 2.59. The number of esters is 1. The lowest BCUT2D eigenvalue weighted by atomic mass is 10.00. The first-order chi connectivity index (χ1) is 9.58. The van der Waals surface area contributed by atoms with Gasteiger partial charge in [-0.1, -0.05) is 35.3 Å². The Labute approximate surface area is 132 Å². The zero-order chi connectivity index (χ0) is 15.0. The van der Waals surface area contributed by atoms with Crippen molar-refractivity contribution in [2.24, 2.45) is 5.92 Å². The molecule has 110 valence electrons. The molecule has 0 radical (unpaired) electrons. The van der Waals surface area contributed by atoms with Gasteiger partial charge in [-0.05, 0) is 31.5 Å². The third-order valence-corrected chi connectivity index (χ3v) is 4.22. The number of halogens is 1. The Kier molecular flexibility index (Phi) is 7.92. The SMILES string of the molecule is CCCC(C(=O)CSc1cccc(Br)c1)C(=O)OCC. The van der Waals surface area contributed by atoms with Gasteiger partial charge < -0.3 is 4.74 Å². The number of Topliss-reactive ketones (excluding diaryl/α,β-unsaturated/α-hetero) is 1. The van der Waals surface area contributed by atoms with Crippen LogP contribution in [-0.2, 0) is 14.3 Å². The van der Waals surface area contributed by atoms with Crippen molar-refractivity contribution in [2.75, 3.05) is 12.4 Å². The van der Waals surface area contributed by atoms with Gasteiger partial charge in [0.05, 0.1) is 12.4 Å². The number of hydrogen-bond acceptors (Lipinski definition) is 4. The Morgan fingerprint density at radius 2 is 2.10 bits per heavy atom. The van der Waals surface area contributed by atoms with Crippen molar-refractivity contribution in [3.63, 3.8) is 0 Å². The zero-order valence-electron chi connectivity index (χ0n) is 11.7. The van der Waals surface area contributed by atoms with E-state index < -0.39 is 11.9 Å².